The van der Waals surface area contributed by atoms with Crippen molar-refractivity contribution in [2.45, 2.75) is 51.3 Å². The van der Waals surface area contributed by atoms with E-state index in [4.69, 9.17) is 4.74 Å². The number of carbonyl (C=O) groups is 1. The van der Waals surface area contributed by atoms with Gasteiger partial charge in [0.1, 0.15) is 6.10 Å². The number of rotatable bonds is 3. The van der Waals surface area contributed by atoms with Crippen molar-refractivity contribution in [1.29, 1.82) is 0 Å². The van der Waals surface area contributed by atoms with Crippen molar-refractivity contribution in [3.05, 3.63) is 42.0 Å². The molecule has 0 amide bonds. The Morgan fingerprint density at radius 3 is 2.70 bits per heavy atom. The van der Waals surface area contributed by atoms with Gasteiger partial charge in [0.2, 0.25) is 0 Å². The van der Waals surface area contributed by atoms with E-state index < -0.39 is 11.7 Å². The Morgan fingerprint density at radius 2 is 1.97 bits per heavy atom. The first-order valence-corrected chi connectivity index (χ1v) is 12.2. The van der Waals surface area contributed by atoms with E-state index in [0.29, 0.717) is 31.2 Å². The van der Waals surface area contributed by atoms with E-state index in [1.54, 1.807) is 6.07 Å². The molecule has 2 saturated heterocycles. The maximum atomic E-state index is 13.1. The Balaban J connectivity index is 1.21. The number of fused-ring (bicyclic) bond motifs is 2. The van der Waals surface area contributed by atoms with Crippen LogP contribution in [0.2, 0.25) is 0 Å². The molecule has 7 heteroatoms. The van der Waals surface area contributed by atoms with Crippen LogP contribution in [0.15, 0.2) is 36.4 Å². The Hall–Kier alpha value is -2.02. The molecule has 2 heterocycles. The van der Waals surface area contributed by atoms with Gasteiger partial charge in [0.05, 0.1) is 11.5 Å². The predicted molar refractivity (Wildman–Crippen MR) is 121 cm³/mol. The number of esters is 1. The first-order valence-electron chi connectivity index (χ1n) is 12.2. The van der Waals surface area contributed by atoms with Crippen molar-refractivity contribution in [2.75, 3.05) is 37.6 Å². The molecule has 0 unspecified atom stereocenters. The lowest BCUT2D eigenvalue weighted by Crippen LogP contribution is -2.50. The topological polar surface area (TPSA) is 32.8 Å². The highest BCUT2D eigenvalue weighted by molar-refractivity contribution is 5.75. The Labute approximate surface area is 193 Å². The molecule has 2 aliphatic heterocycles. The number of carbonyl (C=O) groups excluding carboxylic acids is 1. The van der Waals surface area contributed by atoms with Crippen LogP contribution in [-0.2, 0) is 15.7 Å². The van der Waals surface area contributed by atoms with E-state index in [9.17, 15) is 18.0 Å². The average Bonchev–Trinajstić information content (AvgIpc) is 3.06. The van der Waals surface area contributed by atoms with E-state index in [2.05, 4.69) is 18.4 Å². The molecule has 33 heavy (non-hydrogen) atoms. The molecule has 4 nitrogen and oxygen atoms in total. The monoisotopic (exact) mass is 462 g/mol. The lowest BCUT2D eigenvalue weighted by molar-refractivity contribution is -0.146. The summed E-state index contributed by atoms with van der Waals surface area (Å²) in [4.78, 5) is 17.1. The summed E-state index contributed by atoms with van der Waals surface area (Å²) in [5.41, 5.74) is 1.53. The number of alkyl halides is 3. The summed E-state index contributed by atoms with van der Waals surface area (Å²) >= 11 is 0. The Bertz CT molecular complexity index is 924. The number of anilines is 1. The fraction of sp³-hybridized carbons (Fsp3) is 0.654. The molecule has 1 aromatic rings. The lowest BCUT2D eigenvalue weighted by atomic mass is 9.55. The molecule has 2 saturated carbocycles. The van der Waals surface area contributed by atoms with Gasteiger partial charge in [0.15, 0.2) is 0 Å². The molecule has 0 spiro atoms. The quantitative estimate of drug-likeness (QED) is 0.460. The summed E-state index contributed by atoms with van der Waals surface area (Å²) in [6.07, 6.45) is 1.05. The summed E-state index contributed by atoms with van der Waals surface area (Å²) in [7, 11) is 0. The summed E-state index contributed by atoms with van der Waals surface area (Å²) in [6, 6.07) is 5.54. The van der Waals surface area contributed by atoms with E-state index >= 15 is 0 Å². The number of halogens is 3. The van der Waals surface area contributed by atoms with Gasteiger partial charge in [-0.3, -0.25) is 9.69 Å². The minimum Gasteiger partial charge on any atom is -0.462 e. The van der Waals surface area contributed by atoms with Crippen LogP contribution in [0.4, 0.5) is 18.9 Å². The molecule has 180 valence electrons. The highest BCUT2D eigenvalue weighted by Crippen LogP contribution is 2.57. The van der Waals surface area contributed by atoms with Crippen molar-refractivity contribution in [3.63, 3.8) is 0 Å². The average molecular weight is 463 g/mol. The van der Waals surface area contributed by atoms with Crippen molar-refractivity contribution in [1.82, 2.24) is 4.90 Å². The molecule has 2 aliphatic carbocycles. The molecule has 0 radical (unpaired) electrons. The van der Waals surface area contributed by atoms with Gasteiger partial charge in [0, 0.05) is 44.3 Å². The van der Waals surface area contributed by atoms with Crippen LogP contribution in [-0.4, -0.2) is 49.7 Å². The van der Waals surface area contributed by atoms with Gasteiger partial charge >= 0.3 is 12.1 Å². The van der Waals surface area contributed by atoms with Crippen LogP contribution in [0, 0.1) is 23.2 Å². The van der Waals surface area contributed by atoms with Gasteiger partial charge in [-0.05, 0) is 61.6 Å². The molecule has 4 aliphatic rings. The van der Waals surface area contributed by atoms with E-state index in [1.807, 2.05) is 4.90 Å². The predicted octanol–water partition coefficient (Wildman–Crippen LogP) is 5.14. The second kappa shape index (κ2) is 8.33. The molecular weight excluding hydrogens is 429 g/mol. The zero-order valence-electron chi connectivity index (χ0n) is 19.2. The van der Waals surface area contributed by atoms with Crippen LogP contribution < -0.4 is 4.90 Å². The zero-order chi connectivity index (χ0) is 23.4. The largest absolute Gasteiger partial charge is 0.462 e. The maximum absolute atomic E-state index is 13.1. The van der Waals surface area contributed by atoms with Crippen LogP contribution in [0.5, 0.6) is 0 Å². The fourth-order valence-electron chi connectivity index (χ4n) is 6.81. The molecular formula is C26H33F3N2O2. The number of benzene rings is 1. The van der Waals surface area contributed by atoms with E-state index in [0.717, 1.165) is 38.4 Å². The van der Waals surface area contributed by atoms with Crippen molar-refractivity contribution < 1.29 is 22.7 Å². The maximum Gasteiger partial charge on any atom is 0.416 e. The number of piperazine rings is 1. The van der Waals surface area contributed by atoms with Crippen molar-refractivity contribution in [2.24, 2.45) is 23.2 Å². The van der Waals surface area contributed by atoms with Gasteiger partial charge in [-0.1, -0.05) is 25.1 Å². The van der Waals surface area contributed by atoms with E-state index in [-0.39, 0.29) is 29.3 Å². The Kier molecular flexibility index (Phi) is 5.74. The van der Waals surface area contributed by atoms with Crippen molar-refractivity contribution >= 4 is 11.7 Å². The van der Waals surface area contributed by atoms with Gasteiger partial charge < -0.3 is 9.64 Å². The third-order valence-electron chi connectivity index (χ3n) is 8.69. The summed E-state index contributed by atoms with van der Waals surface area (Å²) in [5.74, 6) is 0.529. The first kappa shape index (κ1) is 22.8. The molecule has 0 aromatic heterocycles. The summed E-state index contributed by atoms with van der Waals surface area (Å²) in [5, 5.41) is 0. The van der Waals surface area contributed by atoms with Crippen molar-refractivity contribution in [3.8, 4) is 0 Å². The minimum atomic E-state index is -4.34. The SMILES string of the molecule is C=C1CCC[C@@]2(C)C[C@H]3OC(=O)[C@H](CN4CCN(c5cccc(C(F)(F)F)c5)CC4)[C@H]3C[C@@H]12. The standard InChI is InChI=1S/C26H33F3N2O2/c1-17-5-4-8-25(2)15-23-20(14-22(17)25)21(24(32)33-23)16-30-9-11-31(12-10-30)19-7-3-6-18(13-19)26(27,28)29/h3,6-7,13,20-23H,1,4-5,8-12,14-16H2,2H3/t20-,21-,22+,23-,25+/m1/s1. The lowest BCUT2D eigenvalue weighted by Gasteiger charge is -2.50. The molecule has 5 rings (SSSR count). The third kappa shape index (κ3) is 4.29. The van der Waals surface area contributed by atoms with Gasteiger partial charge in [0.25, 0.3) is 0 Å². The number of ether oxygens (including phenoxy) is 1. The molecule has 0 bridgehead atoms. The number of allylic oxidation sites excluding steroid dienone is 1. The second-order valence-corrected chi connectivity index (χ2v) is 10.7. The highest BCUT2D eigenvalue weighted by atomic mass is 19.4. The summed E-state index contributed by atoms with van der Waals surface area (Å²) in [6.45, 7) is 10.1. The zero-order valence-corrected chi connectivity index (χ0v) is 19.2. The normalized spacial score (nSPS) is 35.2. The molecule has 1 aromatic carbocycles. The minimum absolute atomic E-state index is 0.0149. The van der Waals surface area contributed by atoms with Gasteiger partial charge in [-0.15, -0.1) is 0 Å². The Morgan fingerprint density at radius 1 is 1.21 bits per heavy atom. The molecule has 0 N–H and O–H groups in total. The number of nitrogens with zero attached hydrogens (tertiary/aromatic N) is 2. The summed E-state index contributed by atoms with van der Waals surface area (Å²) < 4.78 is 45.1. The molecule has 5 atom stereocenters. The first-order chi connectivity index (χ1) is 15.6. The van der Waals surface area contributed by atoms with Crippen LogP contribution in [0.3, 0.4) is 0 Å². The second-order valence-electron chi connectivity index (χ2n) is 10.7. The number of hydrogen-bond donors (Lipinski definition) is 0. The van der Waals surface area contributed by atoms with Gasteiger partial charge in [-0.25, -0.2) is 0 Å². The van der Waals surface area contributed by atoms with E-state index in [1.165, 1.54) is 30.5 Å². The fourth-order valence-corrected chi connectivity index (χ4v) is 6.81. The third-order valence-corrected chi connectivity index (χ3v) is 8.69. The van der Waals surface area contributed by atoms with Crippen LogP contribution >= 0.6 is 0 Å². The van der Waals surface area contributed by atoms with Crippen LogP contribution in [0.1, 0.15) is 44.6 Å². The number of hydrogen-bond acceptors (Lipinski definition) is 4. The molecule has 4 fully saturated rings. The van der Waals surface area contributed by atoms with Gasteiger partial charge in [-0.2, -0.15) is 13.2 Å². The highest BCUT2D eigenvalue weighted by Gasteiger charge is 2.55. The smallest absolute Gasteiger partial charge is 0.416 e. The van der Waals surface area contributed by atoms with Crippen LogP contribution in [0.25, 0.3) is 0 Å².